The number of amides is 1. The lowest BCUT2D eigenvalue weighted by atomic mass is 9.92. The molecule has 0 saturated heterocycles. The van der Waals surface area contributed by atoms with Gasteiger partial charge in [-0.05, 0) is 40.7 Å². The van der Waals surface area contributed by atoms with Crippen molar-refractivity contribution in [1.82, 2.24) is 10.2 Å². The molecule has 1 rings (SSSR count). The second-order valence-electron chi connectivity index (χ2n) is 5.54. The lowest BCUT2D eigenvalue weighted by Crippen LogP contribution is -2.47. The van der Waals surface area contributed by atoms with Crippen LogP contribution in [0.25, 0.3) is 0 Å². The fourth-order valence-corrected chi connectivity index (χ4v) is 1.56. The third kappa shape index (κ3) is 5.74. The summed E-state index contributed by atoms with van der Waals surface area (Å²) in [6.07, 6.45) is 2.59. The number of nitrogens with one attached hydrogen (secondary N) is 1. The summed E-state index contributed by atoms with van der Waals surface area (Å²) in [5.74, 6) is 0.0473. The first kappa shape index (κ1) is 20.3. The van der Waals surface area contributed by atoms with Crippen molar-refractivity contribution in [2.24, 2.45) is 11.1 Å². The van der Waals surface area contributed by atoms with Crippen LogP contribution < -0.4 is 11.1 Å². The van der Waals surface area contributed by atoms with E-state index < -0.39 is 5.41 Å². The molecule has 0 radical (unpaired) electrons. The van der Waals surface area contributed by atoms with Gasteiger partial charge in [0.2, 0.25) is 5.91 Å². The topological polar surface area (TPSA) is 58.4 Å². The van der Waals surface area contributed by atoms with Crippen molar-refractivity contribution in [3.05, 3.63) is 0 Å². The van der Waals surface area contributed by atoms with Crippen molar-refractivity contribution in [3.63, 3.8) is 0 Å². The molecule has 1 saturated carbocycles. The zero-order valence-electron chi connectivity index (χ0n) is 11.7. The molecule has 0 aliphatic heterocycles. The fourth-order valence-electron chi connectivity index (χ4n) is 1.56. The van der Waals surface area contributed by atoms with Crippen LogP contribution in [0.4, 0.5) is 0 Å². The molecular weight excluding hydrogens is 273 g/mol. The first-order valence-electron chi connectivity index (χ1n) is 6.09. The summed E-state index contributed by atoms with van der Waals surface area (Å²) in [5, 5.41) is 2.98. The van der Waals surface area contributed by atoms with Crippen LogP contribution in [0.2, 0.25) is 0 Å². The molecule has 3 N–H and O–H groups in total. The molecule has 0 spiro atoms. The molecule has 18 heavy (non-hydrogen) atoms. The van der Waals surface area contributed by atoms with Gasteiger partial charge < -0.3 is 11.1 Å². The van der Waals surface area contributed by atoms with Crippen LogP contribution in [0.15, 0.2) is 0 Å². The number of likely N-dealkylation sites (N-methyl/N-ethyl adjacent to an activating group) is 1. The summed E-state index contributed by atoms with van der Waals surface area (Å²) in [6, 6.07) is 1.12. The molecular formula is C12H27Cl2N3O. The van der Waals surface area contributed by atoms with Crippen molar-refractivity contribution in [2.45, 2.75) is 45.7 Å². The van der Waals surface area contributed by atoms with Crippen LogP contribution in [-0.2, 0) is 4.79 Å². The number of hydrogen-bond acceptors (Lipinski definition) is 3. The number of carbonyl (C=O) groups excluding carboxylic acids is 1. The number of hydrogen-bond donors (Lipinski definition) is 2. The van der Waals surface area contributed by atoms with Gasteiger partial charge in [0.15, 0.2) is 0 Å². The van der Waals surface area contributed by atoms with Crippen LogP contribution in [0.1, 0.15) is 33.6 Å². The highest BCUT2D eigenvalue weighted by Crippen LogP contribution is 2.26. The van der Waals surface area contributed by atoms with Gasteiger partial charge in [0.1, 0.15) is 0 Å². The van der Waals surface area contributed by atoms with E-state index in [0.29, 0.717) is 19.1 Å². The third-order valence-electron chi connectivity index (χ3n) is 3.50. The molecule has 0 aromatic rings. The van der Waals surface area contributed by atoms with Gasteiger partial charge in [0, 0.05) is 25.2 Å². The highest BCUT2D eigenvalue weighted by molar-refractivity contribution is 5.85. The van der Waals surface area contributed by atoms with Gasteiger partial charge in [-0.25, -0.2) is 0 Å². The first-order chi connectivity index (χ1) is 7.38. The van der Waals surface area contributed by atoms with E-state index in [1.165, 1.54) is 12.8 Å². The van der Waals surface area contributed by atoms with E-state index in [1.54, 1.807) is 0 Å². The molecule has 1 unspecified atom stereocenters. The largest absolute Gasteiger partial charge is 0.354 e. The average Bonchev–Trinajstić information content (AvgIpc) is 3.07. The van der Waals surface area contributed by atoms with E-state index >= 15 is 0 Å². The monoisotopic (exact) mass is 299 g/mol. The number of nitrogens with zero attached hydrogens (tertiary/aromatic N) is 1. The highest BCUT2D eigenvalue weighted by atomic mass is 35.5. The molecule has 6 heteroatoms. The predicted octanol–water partition coefficient (Wildman–Crippen LogP) is 1.41. The molecule has 0 aromatic carbocycles. The standard InChI is InChI=1S/C12H25N3O.2ClH/c1-9(15(4)10-5-6-10)7-14-11(16)12(2,3)8-13;;/h9-10H,5-8,13H2,1-4H3,(H,14,16);2*1H. The number of carbonyl (C=O) groups is 1. The molecule has 110 valence electrons. The van der Waals surface area contributed by atoms with Crippen molar-refractivity contribution < 1.29 is 4.79 Å². The van der Waals surface area contributed by atoms with Crippen LogP contribution in [-0.4, -0.2) is 43.0 Å². The van der Waals surface area contributed by atoms with Crippen molar-refractivity contribution in [3.8, 4) is 0 Å². The van der Waals surface area contributed by atoms with Crippen LogP contribution in [0.5, 0.6) is 0 Å². The first-order valence-corrected chi connectivity index (χ1v) is 6.09. The van der Waals surface area contributed by atoms with Gasteiger partial charge in [-0.1, -0.05) is 0 Å². The maximum atomic E-state index is 11.8. The van der Waals surface area contributed by atoms with E-state index in [9.17, 15) is 4.79 Å². The molecule has 0 aromatic heterocycles. The van der Waals surface area contributed by atoms with E-state index in [4.69, 9.17) is 5.73 Å². The predicted molar refractivity (Wildman–Crippen MR) is 80.6 cm³/mol. The Bertz CT molecular complexity index is 258. The second kappa shape index (κ2) is 8.20. The van der Waals surface area contributed by atoms with Gasteiger partial charge in [-0.2, -0.15) is 0 Å². The Kier molecular flexibility index (Phi) is 9.25. The molecule has 0 bridgehead atoms. The van der Waals surface area contributed by atoms with Gasteiger partial charge in [-0.3, -0.25) is 9.69 Å². The molecule has 1 aliphatic rings. The third-order valence-corrected chi connectivity index (χ3v) is 3.50. The number of halogens is 2. The smallest absolute Gasteiger partial charge is 0.226 e. The molecule has 1 amide bonds. The van der Waals surface area contributed by atoms with E-state index in [1.807, 2.05) is 13.8 Å². The Morgan fingerprint density at radius 1 is 1.44 bits per heavy atom. The summed E-state index contributed by atoms with van der Waals surface area (Å²) in [5.41, 5.74) is 5.10. The summed E-state index contributed by atoms with van der Waals surface area (Å²) >= 11 is 0. The second-order valence-corrected chi connectivity index (χ2v) is 5.54. The number of nitrogens with two attached hydrogens (primary N) is 1. The van der Waals surface area contributed by atoms with E-state index in [0.717, 1.165) is 6.04 Å². The molecule has 0 heterocycles. The minimum absolute atomic E-state index is 0. The summed E-state index contributed by atoms with van der Waals surface area (Å²) in [4.78, 5) is 14.1. The molecule has 4 nitrogen and oxygen atoms in total. The van der Waals surface area contributed by atoms with E-state index in [-0.39, 0.29) is 30.7 Å². The van der Waals surface area contributed by atoms with Crippen molar-refractivity contribution >= 4 is 30.7 Å². The van der Waals surface area contributed by atoms with Gasteiger partial charge >= 0.3 is 0 Å². The SMILES string of the molecule is CC(CNC(=O)C(C)(C)CN)N(C)C1CC1.Cl.Cl. The maximum absolute atomic E-state index is 11.8. The van der Waals surface area contributed by atoms with Gasteiger partial charge in [0.25, 0.3) is 0 Å². The summed E-state index contributed by atoms with van der Waals surface area (Å²) in [7, 11) is 2.13. The Morgan fingerprint density at radius 3 is 2.33 bits per heavy atom. The lowest BCUT2D eigenvalue weighted by molar-refractivity contribution is -0.129. The maximum Gasteiger partial charge on any atom is 0.226 e. The average molecular weight is 300 g/mol. The highest BCUT2D eigenvalue weighted by Gasteiger charge is 2.30. The summed E-state index contributed by atoms with van der Waals surface area (Å²) in [6.45, 7) is 6.98. The minimum Gasteiger partial charge on any atom is -0.354 e. The quantitative estimate of drug-likeness (QED) is 0.780. The summed E-state index contributed by atoms with van der Waals surface area (Å²) < 4.78 is 0. The van der Waals surface area contributed by atoms with Crippen LogP contribution in [0.3, 0.4) is 0 Å². The minimum atomic E-state index is -0.460. The zero-order chi connectivity index (χ0) is 12.3. The molecule has 1 atom stereocenters. The Balaban J connectivity index is 0. The van der Waals surface area contributed by atoms with E-state index in [2.05, 4.69) is 24.2 Å². The van der Waals surface area contributed by atoms with Crippen molar-refractivity contribution in [1.29, 1.82) is 0 Å². The molecule has 1 fully saturated rings. The van der Waals surface area contributed by atoms with Gasteiger partial charge in [0.05, 0.1) is 5.41 Å². The van der Waals surface area contributed by atoms with Crippen LogP contribution >= 0.6 is 24.8 Å². The Hall–Kier alpha value is -0.0300. The lowest BCUT2D eigenvalue weighted by Gasteiger charge is -2.27. The van der Waals surface area contributed by atoms with Crippen LogP contribution in [0, 0.1) is 5.41 Å². The zero-order valence-corrected chi connectivity index (χ0v) is 13.4. The number of rotatable bonds is 6. The van der Waals surface area contributed by atoms with Crippen molar-refractivity contribution in [2.75, 3.05) is 20.1 Å². The Morgan fingerprint density at radius 2 is 1.94 bits per heavy atom. The fraction of sp³-hybridized carbons (Fsp3) is 0.917. The normalized spacial score (nSPS) is 16.6. The van der Waals surface area contributed by atoms with Gasteiger partial charge in [-0.15, -0.1) is 24.8 Å². The molecule has 1 aliphatic carbocycles. The Labute approximate surface area is 123 Å².